The third kappa shape index (κ3) is 2.56. The number of aromatic nitrogens is 2. The monoisotopic (exact) mass is 397 g/mol. The van der Waals surface area contributed by atoms with E-state index in [1.807, 2.05) is 11.3 Å². The molecule has 0 radical (unpaired) electrons. The van der Waals surface area contributed by atoms with Gasteiger partial charge in [-0.2, -0.15) is 0 Å². The van der Waals surface area contributed by atoms with Crippen LogP contribution in [0.25, 0.3) is 11.0 Å². The molecule has 20 heavy (non-hydrogen) atoms. The average molecular weight is 397 g/mol. The Morgan fingerprint density at radius 2 is 2.15 bits per heavy atom. The lowest BCUT2D eigenvalue weighted by molar-refractivity contribution is 0.571. The summed E-state index contributed by atoms with van der Waals surface area (Å²) in [6.45, 7) is 4.34. The molecule has 3 rings (SSSR count). The quantitative estimate of drug-likeness (QED) is 0.666. The molecule has 104 valence electrons. The van der Waals surface area contributed by atoms with E-state index in [0.717, 1.165) is 17.5 Å². The largest absolute Gasteiger partial charge is 0.369 e. The summed E-state index contributed by atoms with van der Waals surface area (Å²) in [5, 5.41) is 0. The summed E-state index contributed by atoms with van der Waals surface area (Å²) < 4.78 is 3.32. The molecule has 0 fully saturated rings. The van der Waals surface area contributed by atoms with E-state index in [4.69, 9.17) is 5.73 Å². The summed E-state index contributed by atoms with van der Waals surface area (Å²) in [6, 6.07) is 11.0. The molecule has 3 aromatic rings. The van der Waals surface area contributed by atoms with E-state index < -0.39 is 0 Å². The van der Waals surface area contributed by atoms with E-state index in [1.165, 1.54) is 13.3 Å². The molecule has 1 atom stereocenters. The number of nitrogens with zero attached hydrogens (tertiary/aromatic N) is 2. The molecule has 0 amide bonds. The van der Waals surface area contributed by atoms with Crippen LogP contribution in [-0.4, -0.2) is 9.55 Å². The summed E-state index contributed by atoms with van der Waals surface area (Å²) >= 11 is 4.15. The molecule has 2 aromatic heterocycles. The maximum Gasteiger partial charge on any atom is 0.201 e. The summed E-state index contributed by atoms with van der Waals surface area (Å²) in [5.41, 5.74) is 8.21. The lowest BCUT2D eigenvalue weighted by Gasteiger charge is -2.15. The average Bonchev–Trinajstić information content (AvgIpc) is 2.91. The third-order valence-corrected chi connectivity index (χ3v) is 5.11. The van der Waals surface area contributed by atoms with Gasteiger partial charge in [0.05, 0.1) is 11.0 Å². The molecule has 0 bridgehead atoms. The van der Waals surface area contributed by atoms with Gasteiger partial charge in [-0.3, -0.25) is 0 Å². The Bertz CT molecular complexity index is 760. The van der Waals surface area contributed by atoms with E-state index in [9.17, 15) is 0 Å². The second-order valence-corrected chi connectivity index (χ2v) is 7.66. The van der Waals surface area contributed by atoms with Gasteiger partial charge in [0.25, 0.3) is 0 Å². The van der Waals surface area contributed by atoms with Gasteiger partial charge in [0, 0.05) is 25.8 Å². The third-order valence-electron chi connectivity index (χ3n) is 3.41. The number of imidazole rings is 1. The van der Waals surface area contributed by atoms with E-state index in [1.54, 1.807) is 0 Å². The van der Waals surface area contributed by atoms with Crippen molar-refractivity contribution in [2.75, 3.05) is 5.73 Å². The lowest BCUT2D eigenvalue weighted by atomic mass is 10.2. The fraction of sp³-hybridized carbons (Fsp3) is 0.267. The Morgan fingerprint density at radius 3 is 2.85 bits per heavy atom. The minimum Gasteiger partial charge on any atom is -0.369 e. The summed E-state index contributed by atoms with van der Waals surface area (Å²) in [7, 11) is 0. The van der Waals surface area contributed by atoms with Gasteiger partial charge in [-0.05, 0) is 66.8 Å². The lowest BCUT2D eigenvalue weighted by Crippen LogP contribution is -2.10. The number of thiophene rings is 1. The number of anilines is 1. The molecule has 0 spiro atoms. The number of nitrogen functional groups attached to an aromatic ring is 1. The summed E-state index contributed by atoms with van der Waals surface area (Å²) in [5.74, 6) is 0.600. The molecule has 1 unspecified atom stereocenters. The predicted molar refractivity (Wildman–Crippen MR) is 94.3 cm³/mol. The smallest absolute Gasteiger partial charge is 0.201 e. The minimum atomic E-state index is 0.304. The topological polar surface area (TPSA) is 43.8 Å². The highest BCUT2D eigenvalue weighted by atomic mass is 127. The van der Waals surface area contributed by atoms with Crippen LogP contribution in [0, 0.1) is 10.5 Å². The van der Waals surface area contributed by atoms with Crippen LogP contribution in [0.3, 0.4) is 0 Å². The second-order valence-electron chi connectivity index (χ2n) is 5.04. The first-order valence-electron chi connectivity index (χ1n) is 6.53. The molecule has 2 heterocycles. The zero-order valence-corrected chi connectivity index (χ0v) is 14.4. The van der Waals surface area contributed by atoms with E-state index in [0.29, 0.717) is 12.0 Å². The molecule has 5 heteroatoms. The molecule has 0 aliphatic carbocycles. The van der Waals surface area contributed by atoms with Crippen molar-refractivity contribution in [2.45, 2.75) is 26.3 Å². The molecule has 2 N–H and O–H groups in total. The number of hydrogen-bond donors (Lipinski definition) is 1. The van der Waals surface area contributed by atoms with E-state index in [2.05, 4.69) is 76.3 Å². The Morgan fingerprint density at radius 1 is 1.35 bits per heavy atom. The zero-order chi connectivity index (χ0) is 14.3. The number of halogens is 1. The van der Waals surface area contributed by atoms with Crippen molar-refractivity contribution in [1.29, 1.82) is 0 Å². The molecule has 0 saturated heterocycles. The van der Waals surface area contributed by atoms with Crippen molar-refractivity contribution in [3.63, 3.8) is 0 Å². The molecule has 1 aromatic carbocycles. The Hall–Kier alpha value is -1.08. The predicted octanol–water partition coefficient (Wildman–Crippen LogP) is 4.40. The SMILES string of the molecule is Cc1ccc(CC(C)n2c(N)nc3cc(I)ccc32)s1. The standard InChI is InChI=1S/C15H16IN3S/c1-9(7-12-5-3-10(2)20-12)19-14-6-4-11(16)8-13(14)18-15(19)17/h3-6,8-9H,7H2,1-2H3,(H2,17,18). The van der Waals surface area contributed by atoms with Gasteiger partial charge >= 0.3 is 0 Å². The van der Waals surface area contributed by atoms with Crippen LogP contribution in [0.1, 0.15) is 22.7 Å². The fourth-order valence-electron chi connectivity index (χ4n) is 2.53. The first-order chi connectivity index (χ1) is 9.54. The highest BCUT2D eigenvalue weighted by Gasteiger charge is 2.15. The van der Waals surface area contributed by atoms with Crippen molar-refractivity contribution >= 4 is 50.9 Å². The van der Waals surface area contributed by atoms with Crippen LogP contribution >= 0.6 is 33.9 Å². The molecule has 0 aliphatic rings. The van der Waals surface area contributed by atoms with Crippen LogP contribution in [-0.2, 0) is 6.42 Å². The van der Waals surface area contributed by atoms with Crippen molar-refractivity contribution < 1.29 is 0 Å². The number of fused-ring (bicyclic) bond motifs is 1. The Kier molecular flexibility index (Phi) is 3.72. The van der Waals surface area contributed by atoms with Crippen LogP contribution < -0.4 is 5.73 Å². The van der Waals surface area contributed by atoms with Crippen molar-refractivity contribution in [2.24, 2.45) is 0 Å². The Balaban J connectivity index is 1.98. The first kappa shape index (κ1) is 13.9. The van der Waals surface area contributed by atoms with Crippen LogP contribution in [0.2, 0.25) is 0 Å². The minimum absolute atomic E-state index is 0.304. The number of rotatable bonds is 3. The number of benzene rings is 1. The van der Waals surface area contributed by atoms with Crippen molar-refractivity contribution in [3.8, 4) is 0 Å². The van der Waals surface area contributed by atoms with Crippen LogP contribution in [0.5, 0.6) is 0 Å². The van der Waals surface area contributed by atoms with Gasteiger partial charge in [-0.1, -0.05) is 0 Å². The summed E-state index contributed by atoms with van der Waals surface area (Å²) in [6.07, 6.45) is 0.986. The molecule has 0 aliphatic heterocycles. The van der Waals surface area contributed by atoms with E-state index in [-0.39, 0.29) is 0 Å². The fourth-order valence-corrected chi connectivity index (χ4v) is 4.02. The number of aryl methyl sites for hydroxylation is 1. The zero-order valence-electron chi connectivity index (χ0n) is 11.4. The molecular weight excluding hydrogens is 381 g/mol. The van der Waals surface area contributed by atoms with Gasteiger partial charge in [0.15, 0.2) is 0 Å². The highest BCUT2D eigenvalue weighted by Crippen LogP contribution is 2.28. The van der Waals surface area contributed by atoms with Gasteiger partial charge < -0.3 is 10.3 Å². The van der Waals surface area contributed by atoms with Crippen molar-refractivity contribution in [1.82, 2.24) is 9.55 Å². The number of hydrogen-bond acceptors (Lipinski definition) is 3. The van der Waals surface area contributed by atoms with Crippen LogP contribution in [0.4, 0.5) is 5.95 Å². The van der Waals surface area contributed by atoms with Gasteiger partial charge in [0.1, 0.15) is 0 Å². The molecule has 3 nitrogen and oxygen atoms in total. The Labute approximate surface area is 136 Å². The van der Waals surface area contributed by atoms with Gasteiger partial charge in [0.2, 0.25) is 5.95 Å². The first-order valence-corrected chi connectivity index (χ1v) is 8.42. The van der Waals surface area contributed by atoms with E-state index >= 15 is 0 Å². The highest BCUT2D eigenvalue weighted by molar-refractivity contribution is 14.1. The maximum atomic E-state index is 6.12. The normalized spacial score (nSPS) is 12.9. The molecule has 0 saturated carbocycles. The van der Waals surface area contributed by atoms with Crippen molar-refractivity contribution in [3.05, 3.63) is 43.7 Å². The van der Waals surface area contributed by atoms with Crippen LogP contribution in [0.15, 0.2) is 30.3 Å². The number of nitrogens with two attached hydrogens (primary N) is 1. The molecular formula is C15H16IN3S. The van der Waals surface area contributed by atoms with Gasteiger partial charge in [-0.25, -0.2) is 4.98 Å². The summed E-state index contributed by atoms with van der Waals surface area (Å²) in [4.78, 5) is 7.22. The van der Waals surface area contributed by atoms with Gasteiger partial charge in [-0.15, -0.1) is 11.3 Å². The second kappa shape index (κ2) is 5.37. The maximum absolute atomic E-state index is 6.12.